The number of piperazine rings is 1. The molecular weight excluding hydrogens is 513 g/mol. The third-order valence-electron chi connectivity index (χ3n) is 5.83. The number of carbonyl (C=O) groups excluding carboxylic acids is 1. The van der Waals surface area contributed by atoms with Gasteiger partial charge in [-0.15, -0.1) is 0 Å². The molecule has 2 fully saturated rings. The quantitative estimate of drug-likeness (QED) is 0.410. The van der Waals surface area contributed by atoms with E-state index in [1.165, 1.54) is 18.9 Å². The molecule has 176 valence electrons. The highest BCUT2D eigenvalue weighted by Crippen LogP contribution is 2.43. The van der Waals surface area contributed by atoms with Gasteiger partial charge in [0.2, 0.25) is 0 Å². The van der Waals surface area contributed by atoms with E-state index in [1.807, 2.05) is 42.9 Å². The Labute approximate surface area is 204 Å². The summed E-state index contributed by atoms with van der Waals surface area (Å²) in [7, 11) is 1.44. The molecule has 33 heavy (non-hydrogen) atoms. The molecule has 0 N–H and O–H groups in total. The van der Waals surface area contributed by atoms with Gasteiger partial charge in [0.1, 0.15) is 28.6 Å². The van der Waals surface area contributed by atoms with Crippen molar-refractivity contribution in [3.63, 3.8) is 0 Å². The molecule has 2 saturated heterocycles. The van der Waals surface area contributed by atoms with E-state index in [0.717, 1.165) is 12.8 Å². The van der Waals surface area contributed by atoms with Gasteiger partial charge in [-0.2, -0.15) is 5.26 Å². The number of hydrogen-bond donors (Lipinski definition) is 0. The number of nitrogens with zero attached hydrogens (tertiary/aromatic N) is 5. The van der Waals surface area contributed by atoms with E-state index in [2.05, 4.69) is 20.9 Å². The number of halogens is 2. The van der Waals surface area contributed by atoms with Crippen molar-refractivity contribution in [1.29, 1.82) is 5.26 Å². The molecule has 0 aliphatic carbocycles. The van der Waals surface area contributed by atoms with Crippen molar-refractivity contribution in [2.45, 2.75) is 56.5 Å². The number of amides is 1. The zero-order valence-electron chi connectivity index (χ0n) is 19.1. The largest absolute Gasteiger partial charge is 0.494 e. The first-order valence-corrected chi connectivity index (χ1v) is 12.6. The van der Waals surface area contributed by atoms with Gasteiger partial charge in [0.05, 0.1) is 29.1 Å². The molecule has 0 saturated carbocycles. The van der Waals surface area contributed by atoms with Crippen LogP contribution in [0.2, 0.25) is 0 Å². The van der Waals surface area contributed by atoms with Crippen LogP contribution < -0.4 is 9.64 Å². The smallest absolute Gasteiger partial charge is 0.410 e. The van der Waals surface area contributed by atoms with Crippen LogP contribution in [0.25, 0.3) is 10.9 Å². The number of methoxy groups -OCH3 is 1. The lowest BCUT2D eigenvalue weighted by Crippen LogP contribution is -2.57. The molecule has 0 spiro atoms. The molecule has 1 amide bonds. The van der Waals surface area contributed by atoms with Crippen molar-refractivity contribution in [1.82, 2.24) is 14.9 Å². The first kappa shape index (κ1) is 23.8. The number of anilines is 1. The van der Waals surface area contributed by atoms with Crippen molar-refractivity contribution in [2.24, 2.45) is 0 Å². The predicted molar refractivity (Wildman–Crippen MR) is 127 cm³/mol. The number of nitriles is 1. The summed E-state index contributed by atoms with van der Waals surface area (Å²) in [5.41, 5.74) is -0.427. The topological polar surface area (TPSA) is 91.6 Å². The minimum Gasteiger partial charge on any atom is -0.494 e. The van der Waals surface area contributed by atoms with E-state index in [1.54, 1.807) is 0 Å². The van der Waals surface area contributed by atoms with Crippen molar-refractivity contribution in [2.75, 3.05) is 31.4 Å². The molecule has 1 aromatic carbocycles. The summed E-state index contributed by atoms with van der Waals surface area (Å²) in [6, 6.07) is 1.91. The molecule has 2 aliphatic rings. The Balaban J connectivity index is 1.81. The van der Waals surface area contributed by atoms with E-state index in [0.29, 0.717) is 29.5 Å². The molecule has 0 radical (unpaired) electrons. The van der Waals surface area contributed by atoms with E-state index >= 15 is 4.39 Å². The third kappa shape index (κ3) is 4.19. The number of thioether (sulfide) groups is 1. The molecule has 2 aliphatic heterocycles. The van der Waals surface area contributed by atoms with Gasteiger partial charge in [-0.05, 0) is 55.8 Å². The molecule has 2 atom stereocenters. The van der Waals surface area contributed by atoms with Gasteiger partial charge in [-0.25, -0.2) is 19.2 Å². The molecule has 11 heteroatoms. The van der Waals surface area contributed by atoms with Gasteiger partial charge in [0, 0.05) is 13.1 Å². The van der Waals surface area contributed by atoms with Crippen molar-refractivity contribution < 1.29 is 18.7 Å². The van der Waals surface area contributed by atoms with Crippen LogP contribution in [-0.4, -0.2) is 65.1 Å². The minimum atomic E-state index is -0.628. The maximum Gasteiger partial charge on any atom is 0.410 e. The van der Waals surface area contributed by atoms with Crippen LogP contribution >= 0.6 is 27.7 Å². The Morgan fingerprint density at radius 3 is 2.42 bits per heavy atom. The Hall–Kier alpha value is -2.32. The summed E-state index contributed by atoms with van der Waals surface area (Å²) in [5.74, 6) is 0.104. The summed E-state index contributed by atoms with van der Waals surface area (Å²) in [6.45, 7) is 6.58. The first-order valence-electron chi connectivity index (χ1n) is 10.6. The Bertz CT molecular complexity index is 1150. The van der Waals surface area contributed by atoms with Gasteiger partial charge < -0.3 is 14.4 Å². The van der Waals surface area contributed by atoms with Crippen molar-refractivity contribution in [3.05, 3.63) is 15.9 Å². The number of carbonyl (C=O) groups is 1. The average Bonchev–Trinajstić information content (AvgIpc) is 3.04. The molecule has 3 heterocycles. The maximum absolute atomic E-state index is 15.3. The summed E-state index contributed by atoms with van der Waals surface area (Å²) in [4.78, 5) is 25.8. The number of benzene rings is 1. The SMILES string of the molecule is COc1c(C#N)c(Br)c(F)c2nc(SC)nc(N3CC4CCC(C3)N4C(=O)OC(C)(C)C)c12. The molecule has 2 bridgehead atoms. The molecule has 4 rings (SSSR count). The van der Waals surface area contributed by atoms with Crippen LogP contribution in [0.1, 0.15) is 39.2 Å². The van der Waals surface area contributed by atoms with E-state index in [9.17, 15) is 10.1 Å². The number of rotatable bonds is 3. The zero-order chi connectivity index (χ0) is 24.1. The fourth-order valence-corrected chi connectivity index (χ4v) is 5.36. The standard InChI is InChI=1S/C22H25BrFN5O3S/c1-22(2,3)32-21(30)29-11-6-7-12(29)10-28(9-11)19-14-17(26-20(27-19)33-5)16(24)15(23)13(8-25)18(14)31-4/h11-12H,6-7,9-10H2,1-5H3. The van der Waals surface area contributed by atoms with Gasteiger partial charge >= 0.3 is 6.09 Å². The van der Waals surface area contributed by atoms with Crippen LogP contribution in [0.3, 0.4) is 0 Å². The predicted octanol–water partition coefficient (Wildman–Crippen LogP) is 4.72. The lowest BCUT2D eigenvalue weighted by atomic mass is 10.1. The third-order valence-corrected chi connectivity index (χ3v) is 7.12. The lowest BCUT2D eigenvalue weighted by molar-refractivity contribution is 0.0123. The number of fused-ring (bicyclic) bond motifs is 3. The molecule has 2 unspecified atom stereocenters. The highest BCUT2D eigenvalue weighted by atomic mass is 79.9. The van der Waals surface area contributed by atoms with Gasteiger partial charge in [0.15, 0.2) is 16.7 Å². The monoisotopic (exact) mass is 537 g/mol. The molecule has 2 aromatic rings. The summed E-state index contributed by atoms with van der Waals surface area (Å²) < 4.78 is 26.5. The van der Waals surface area contributed by atoms with Crippen LogP contribution in [-0.2, 0) is 4.74 Å². The van der Waals surface area contributed by atoms with Gasteiger partial charge in [0.25, 0.3) is 0 Å². The minimum absolute atomic E-state index is 0.0147. The van der Waals surface area contributed by atoms with E-state index in [4.69, 9.17) is 14.5 Å². The van der Waals surface area contributed by atoms with Gasteiger partial charge in [-0.1, -0.05) is 11.8 Å². The second-order valence-electron chi connectivity index (χ2n) is 9.08. The Morgan fingerprint density at radius 1 is 1.27 bits per heavy atom. The number of ether oxygens (including phenoxy) is 2. The molecule has 8 nitrogen and oxygen atoms in total. The number of aromatic nitrogens is 2. The van der Waals surface area contributed by atoms with Crippen LogP contribution in [0.15, 0.2) is 9.63 Å². The first-order chi connectivity index (χ1) is 15.6. The van der Waals surface area contributed by atoms with Crippen LogP contribution in [0.5, 0.6) is 5.75 Å². The van der Waals surface area contributed by atoms with Crippen LogP contribution in [0, 0.1) is 17.1 Å². The highest BCUT2D eigenvalue weighted by molar-refractivity contribution is 9.10. The molecule has 1 aromatic heterocycles. The summed E-state index contributed by atoms with van der Waals surface area (Å²) >= 11 is 4.49. The number of hydrogen-bond acceptors (Lipinski definition) is 8. The fraction of sp³-hybridized carbons (Fsp3) is 0.545. The van der Waals surface area contributed by atoms with Gasteiger partial charge in [-0.3, -0.25) is 4.90 Å². The van der Waals surface area contributed by atoms with E-state index < -0.39 is 11.4 Å². The lowest BCUT2D eigenvalue weighted by Gasteiger charge is -2.42. The second kappa shape index (κ2) is 8.80. The maximum atomic E-state index is 15.3. The highest BCUT2D eigenvalue weighted by Gasteiger charge is 2.45. The van der Waals surface area contributed by atoms with Crippen molar-refractivity contribution in [3.8, 4) is 11.8 Å². The summed E-state index contributed by atoms with van der Waals surface area (Å²) in [6.07, 6.45) is 3.20. The van der Waals surface area contributed by atoms with Crippen molar-refractivity contribution >= 4 is 50.5 Å². The van der Waals surface area contributed by atoms with Crippen LogP contribution in [0.4, 0.5) is 15.0 Å². The average molecular weight is 538 g/mol. The molecular formula is C22H25BrFN5O3S. The van der Waals surface area contributed by atoms with E-state index in [-0.39, 0.29) is 39.5 Å². The second-order valence-corrected chi connectivity index (χ2v) is 10.6. The fourth-order valence-electron chi connectivity index (χ4n) is 4.55. The zero-order valence-corrected chi connectivity index (χ0v) is 21.5. The Morgan fingerprint density at radius 2 is 1.91 bits per heavy atom. The summed E-state index contributed by atoms with van der Waals surface area (Å²) in [5, 5.41) is 10.4. The normalized spacial score (nSPS) is 20.2. The Kier molecular flexibility index (Phi) is 6.35.